The first-order valence-electron chi connectivity index (χ1n) is 15.9. The second-order valence-electron chi connectivity index (χ2n) is 12.7. The van der Waals surface area contributed by atoms with Gasteiger partial charge in [-0.2, -0.15) is 87.8 Å². The van der Waals surface area contributed by atoms with Crippen molar-refractivity contribution >= 4 is 22.0 Å². The minimum atomic E-state index is -8.79. The van der Waals surface area contributed by atoms with E-state index in [0.29, 0.717) is 34.7 Å². The molecule has 2 atom stereocenters. The van der Waals surface area contributed by atoms with Crippen LogP contribution in [-0.2, 0) is 37.1 Å². The Labute approximate surface area is 322 Å². The van der Waals surface area contributed by atoms with Gasteiger partial charge in [0.2, 0.25) is 0 Å². The third kappa shape index (κ3) is 9.29. The molecule has 1 fully saturated rings. The molecule has 8 nitrogen and oxygen atoms in total. The van der Waals surface area contributed by atoms with Gasteiger partial charge in [0.25, 0.3) is 15.9 Å². The number of benzene rings is 2. The quantitative estimate of drug-likeness (QED) is 0.133. The van der Waals surface area contributed by atoms with E-state index >= 15 is 0 Å². The third-order valence-electron chi connectivity index (χ3n) is 8.51. The number of nitrogens with one attached hydrogen (secondary N) is 1. The summed E-state index contributed by atoms with van der Waals surface area (Å²) in [5, 5.41) is 0. The molecule has 340 valence electrons. The lowest BCUT2D eigenvalue weighted by Crippen LogP contribution is -2.74. The first-order chi connectivity index (χ1) is 26.9. The van der Waals surface area contributed by atoms with Gasteiger partial charge in [0.1, 0.15) is 12.6 Å². The molecule has 0 bridgehead atoms. The molecular weight excluding hydrogens is 908 g/mol. The number of amides is 2. The molecule has 1 saturated heterocycles. The maximum absolute atomic E-state index is 14.4. The van der Waals surface area contributed by atoms with Crippen LogP contribution in [0.4, 0.5) is 92.6 Å². The molecule has 3 rings (SSSR count). The minimum Gasteiger partial charge on any atom is -0.445 e. The Morgan fingerprint density at radius 3 is 1.63 bits per heavy atom. The largest absolute Gasteiger partial charge is 0.460 e. The molecule has 0 aliphatic carbocycles. The Hall–Kier alpha value is -4.31. The number of carbonyl (C=O) groups is 2. The Kier molecular flexibility index (Phi) is 13.8. The minimum absolute atomic E-state index is 0.325. The summed E-state index contributed by atoms with van der Waals surface area (Å²) in [6, 6.07) is 6.96. The van der Waals surface area contributed by atoms with Crippen molar-refractivity contribution in [1.29, 1.82) is 0 Å². The number of ether oxygens (including phenoxy) is 2. The van der Waals surface area contributed by atoms with Crippen LogP contribution in [0.25, 0.3) is 0 Å². The van der Waals surface area contributed by atoms with Crippen LogP contribution in [-0.4, -0.2) is 98.2 Å². The van der Waals surface area contributed by atoms with Gasteiger partial charge in [-0.1, -0.05) is 30.3 Å². The maximum atomic E-state index is 14.4. The number of sulfonamides is 1. The molecule has 1 N–H and O–H groups in total. The van der Waals surface area contributed by atoms with Crippen LogP contribution in [0.1, 0.15) is 30.4 Å². The highest BCUT2D eigenvalue weighted by atomic mass is 32.2. The van der Waals surface area contributed by atoms with Crippen LogP contribution >= 0.6 is 0 Å². The van der Waals surface area contributed by atoms with Gasteiger partial charge < -0.3 is 9.47 Å². The van der Waals surface area contributed by atoms with E-state index in [0.717, 1.165) is 0 Å². The molecule has 1 aliphatic heterocycles. The summed E-state index contributed by atoms with van der Waals surface area (Å²) in [7, 11) is -5.02. The van der Waals surface area contributed by atoms with Gasteiger partial charge in [-0.15, -0.1) is 0 Å². The van der Waals surface area contributed by atoms with E-state index in [2.05, 4.69) is 0 Å². The fraction of sp³-hybridized carbons (Fsp3) is 0.548. The highest BCUT2D eigenvalue weighted by molar-refractivity contribution is 7.90. The van der Waals surface area contributed by atoms with Gasteiger partial charge in [-0.25, -0.2) is 17.9 Å². The zero-order valence-electron chi connectivity index (χ0n) is 29.0. The molecule has 29 heteroatoms. The summed E-state index contributed by atoms with van der Waals surface area (Å²) in [5.41, 5.74) is -0.969. The summed E-state index contributed by atoms with van der Waals surface area (Å²) < 4.78 is 306. The lowest BCUT2D eigenvalue weighted by Gasteiger charge is -2.42. The Morgan fingerprint density at radius 2 is 1.15 bits per heavy atom. The van der Waals surface area contributed by atoms with E-state index in [-0.39, 0.29) is 0 Å². The van der Waals surface area contributed by atoms with Crippen molar-refractivity contribution < 1.29 is 115 Å². The molecule has 60 heavy (non-hydrogen) atoms. The van der Waals surface area contributed by atoms with Crippen LogP contribution in [0.3, 0.4) is 0 Å². The molecule has 1 heterocycles. The molecule has 0 aromatic heterocycles. The van der Waals surface area contributed by atoms with Gasteiger partial charge >= 0.3 is 59.9 Å². The van der Waals surface area contributed by atoms with Crippen molar-refractivity contribution in [2.24, 2.45) is 0 Å². The topological polar surface area (TPSA) is 102 Å². The number of hydrogen-bond acceptors (Lipinski definition) is 6. The van der Waals surface area contributed by atoms with E-state index in [9.17, 15) is 106 Å². The monoisotopic (exact) mass is 932 g/mol. The molecule has 0 saturated carbocycles. The molecule has 0 radical (unpaired) electrons. The Morgan fingerprint density at radius 1 is 0.667 bits per heavy atom. The molecule has 2 aromatic rings. The van der Waals surface area contributed by atoms with E-state index in [1.807, 2.05) is 0 Å². The number of halogens is 20. The highest BCUT2D eigenvalue weighted by Gasteiger charge is 2.95. The fourth-order valence-electron chi connectivity index (χ4n) is 5.15. The van der Waals surface area contributed by atoms with Gasteiger partial charge in [-0.05, 0) is 36.2 Å². The second-order valence-corrected chi connectivity index (χ2v) is 14.4. The number of carbonyl (C=O) groups excluding carboxylic acids is 2. The molecular formula is C31H24F20N2O6S. The number of hydrogen-bond donors (Lipinski definition) is 1. The summed E-state index contributed by atoms with van der Waals surface area (Å²) in [4.78, 5) is 25.6. The van der Waals surface area contributed by atoms with Crippen molar-refractivity contribution in [3.63, 3.8) is 0 Å². The first kappa shape index (κ1) is 50.0. The maximum Gasteiger partial charge on any atom is 0.460 e. The van der Waals surface area contributed by atoms with E-state index in [1.54, 1.807) is 6.07 Å². The zero-order valence-corrected chi connectivity index (χ0v) is 29.8. The summed E-state index contributed by atoms with van der Waals surface area (Å²) in [6.45, 7) is -2.77. The highest BCUT2D eigenvalue weighted by Crippen LogP contribution is 2.64. The van der Waals surface area contributed by atoms with Crippen LogP contribution < -0.4 is 4.72 Å². The molecule has 2 aromatic carbocycles. The van der Waals surface area contributed by atoms with Crippen LogP contribution in [0.5, 0.6) is 0 Å². The third-order valence-corrected chi connectivity index (χ3v) is 9.87. The lowest BCUT2D eigenvalue weighted by molar-refractivity contribution is -0.461. The SMILES string of the molecule is O=C(NS(=O)(=O)c1ccc(C(F)(F)F)cc1)[C@@H]1C[C@@H](OCCCC(F)(F)C(F)(F)C(F)(F)C(F)(F)C(F)(F)C(F)(F)C(F)(F)C(F)(F)F)CN1C(=O)OCc1ccccc1. The van der Waals surface area contributed by atoms with Crippen molar-refractivity contribution in [3.05, 3.63) is 65.7 Å². The number of likely N-dealkylation sites (tertiary alicyclic amines) is 1. The van der Waals surface area contributed by atoms with E-state index in [4.69, 9.17) is 9.47 Å². The van der Waals surface area contributed by atoms with Gasteiger partial charge in [-0.3, -0.25) is 9.69 Å². The predicted molar refractivity (Wildman–Crippen MR) is 158 cm³/mol. The number of alkyl halides is 20. The standard InChI is InChI=1S/C31H24F20N2O6S/c32-23(33,25(37,38)26(39,40)27(41,42)28(43,44)29(45,46)30(47,48)31(49,50)51)11-4-12-58-18-13-20(53(14-18)22(55)59-15-16-5-2-1-3-6-16)21(54)52-60(56,57)19-9-7-17(8-10-19)24(34,35)36/h1-3,5-10,18,20H,4,11-15H2,(H,52,54)/t18-,20+/m1/s1. The number of nitrogens with zero attached hydrogens (tertiary/aromatic N) is 1. The van der Waals surface area contributed by atoms with Gasteiger partial charge in [0.05, 0.1) is 23.1 Å². The second kappa shape index (κ2) is 16.5. The van der Waals surface area contributed by atoms with Crippen molar-refractivity contribution in [2.75, 3.05) is 13.2 Å². The Balaban J connectivity index is 1.78. The molecule has 2 amide bonds. The zero-order chi connectivity index (χ0) is 46.3. The van der Waals surface area contributed by atoms with Crippen molar-refractivity contribution in [3.8, 4) is 0 Å². The number of rotatable bonds is 16. The smallest absolute Gasteiger partial charge is 0.445 e. The molecule has 0 unspecified atom stereocenters. The van der Waals surface area contributed by atoms with Gasteiger partial charge in [0, 0.05) is 19.4 Å². The summed E-state index contributed by atoms with van der Waals surface area (Å²) in [5.74, 6) is -59.2. The van der Waals surface area contributed by atoms with Gasteiger partial charge in [0.15, 0.2) is 0 Å². The lowest BCUT2D eigenvalue weighted by atomic mass is 9.88. The summed E-state index contributed by atoms with van der Waals surface area (Å²) in [6.07, 6.45) is -21.2. The first-order valence-corrected chi connectivity index (χ1v) is 17.4. The van der Waals surface area contributed by atoms with E-state index in [1.165, 1.54) is 29.0 Å². The van der Waals surface area contributed by atoms with Crippen LogP contribution in [0.15, 0.2) is 59.5 Å². The molecule has 0 spiro atoms. The predicted octanol–water partition coefficient (Wildman–Crippen LogP) is 9.10. The average molecular weight is 933 g/mol. The fourth-order valence-corrected chi connectivity index (χ4v) is 6.16. The molecule has 1 aliphatic rings. The van der Waals surface area contributed by atoms with Crippen LogP contribution in [0, 0.1) is 0 Å². The average Bonchev–Trinajstić information content (AvgIpc) is 3.56. The Bertz CT molecular complexity index is 1940. The summed E-state index contributed by atoms with van der Waals surface area (Å²) >= 11 is 0. The normalized spacial score (nSPS) is 18.1. The van der Waals surface area contributed by atoms with Crippen molar-refractivity contribution in [2.45, 2.75) is 96.7 Å². The van der Waals surface area contributed by atoms with Crippen LogP contribution in [0.2, 0.25) is 0 Å². The van der Waals surface area contributed by atoms with Crippen molar-refractivity contribution in [1.82, 2.24) is 9.62 Å². The van der Waals surface area contributed by atoms with E-state index < -0.39 is 137 Å².